The van der Waals surface area contributed by atoms with E-state index in [1.807, 2.05) is 31.3 Å². The lowest BCUT2D eigenvalue weighted by atomic mass is 10.1. The van der Waals surface area contributed by atoms with E-state index in [0.717, 1.165) is 23.0 Å². The van der Waals surface area contributed by atoms with Gasteiger partial charge in [0.2, 0.25) is 0 Å². The topological polar surface area (TPSA) is 22.0 Å². The van der Waals surface area contributed by atoms with Crippen LogP contribution in [0.15, 0.2) is 64.3 Å². The van der Waals surface area contributed by atoms with Crippen LogP contribution in [-0.4, -0.2) is 10.8 Å². The zero-order valence-corrected chi connectivity index (χ0v) is 13.0. The number of benzene rings is 2. The first-order chi connectivity index (χ1) is 10.2. The van der Waals surface area contributed by atoms with Crippen molar-refractivity contribution >= 4 is 22.7 Å². The third-order valence-corrected chi connectivity index (χ3v) is 4.55. The van der Waals surface area contributed by atoms with E-state index >= 15 is 0 Å². The Labute approximate surface area is 128 Å². The summed E-state index contributed by atoms with van der Waals surface area (Å²) in [5.74, 6) is 0. The Morgan fingerprint density at radius 3 is 2.48 bits per heavy atom. The van der Waals surface area contributed by atoms with E-state index in [2.05, 4.69) is 35.1 Å². The number of fused-ring (bicyclic) bond motifs is 1. The molecule has 1 aromatic heterocycles. The van der Waals surface area contributed by atoms with Crippen molar-refractivity contribution < 1.29 is 0 Å². The lowest BCUT2D eigenvalue weighted by Gasteiger charge is -2.12. The fourth-order valence-electron chi connectivity index (χ4n) is 2.58. The Balaban J connectivity index is 2.04. The first-order valence-corrected chi connectivity index (χ1v) is 8.12. The van der Waals surface area contributed by atoms with Crippen LogP contribution in [0.3, 0.4) is 0 Å². The summed E-state index contributed by atoms with van der Waals surface area (Å²) >= 11 is 1.74. The number of nitrogens with zero attached hydrogens (tertiary/aromatic N) is 1. The zero-order valence-electron chi connectivity index (χ0n) is 12.2. The minimum Gasteiger partial charge on any atom is -0.347 e. The average molecular weight is 295 g/mol. The third-order valence-electron chi connectivity index (χ3n) is 3.80. The van der Waals surface area contributed by atoms with Crippen molar-refractivity contribution in [2.75, 3.05) is 6.26 Å². The molecule has 2 aromatic carbocycles. The fourth-order valence-corrected chi connectivity index (χ4v) is 2.99. The van der Waals surface area contributed by atoms with Gasteiger partial charge in [0.1, 0.15) is 0 Å². The monoisotopic (exact) mass is 295 g/mol. The van der Waals surface area contributed by atoms with E-state index in [4.69, 9.17) is 0 Å². The Hall–Kier alpha value is -2.00. The van der Waals surface area contributed by atoms with E-state index in [9.17, 15) is 4.79 Å². The summed E-state index contributed by atoms with van der Waals surface area (Å²) in [6.45, 7) is 0. The van der Waals surface area contributed by atoms with Gasteiger partial charge in [0.15, 0.2) is 5.43 Å². The highest BCUT2D eigenvalue weighted by atomic mass is 32.2. The fraction of sp³-hybridized carbons (Fsp3) is 0.167. The number of hydrogen-bond donors (Lipinski definition) is 0. The second kappa shape index (κ2) is 5.78. The van der Waals surface area contributed by atoms with Crippen molar-refractivity contribution in [1.29, 1.82) is 0 Å². The molecule has 106 valence electrons. The van der Waals surface area contributed by atoms with Gasteiger partial charge in [0, 0.05) is 35.5 Å². The Morgan fingerprint density at radius 2 is 1.76 bits per heavy atom. The lowest BCUT2D eigenvalue weighted by Crippen LogP contribution is -2.11. The van der Waals surface area contributed by atoms with Crippen LogP contribution in [0.4, 0.5) is 0 Å². The van der Waals surface area contributed by atoms with Gasteiger partial charge in [-0.25, -0.2) is 0 Å². The highest BCUT2D eigenvalue weighted by molar-refractivity contribution is 7.98. The Morgan fingerprint density at radius 1 is 1.05 bits per heavy atom. The molecule has 0 unspecified atom stereocenters. The quantitative estimate of drug-likeness (QED) is 0.685. The molecule has 0 aliphatic carbocycles. The van der Waals surface area contributed by atoms with Crippen LogP contribution in [0.1, 0.15) is 11.3 Å². The Kier molecular flexibility index (Phi) is 3.84. The van der Waals surface area contributed by atoms with Gasteiger partial charge in [0.05, 0.1) is 5.52 Å². The molecule has 0 aliphatic heterocycles. The molecule has 2 nitrogen and oxygen atoms in total. The first kappa shape index (κ1) is 14.0. The molecule has 0 bridgehead atoms. The molecule has 0 atom stereocenters. The largest absolute Gasteiger partial charge is 0.347 e. The van der Waals surface area contributed by atoms with Crippen LogP contribution in [-0.2, 0) is 13.5 Å². The molecule has 0 fully saturated rings. The van der Waals surface area contributed by atoms with Gasteiger partial charge in [-0.1, -0.05) is 24.3 Å². The number of thioether (sulfide) groups is 1. The minimum atomic E-state index is 0.0967. The van der Waals surface area contributed by atoms with Gasteiger partial charge >= 0.3 is 0 Å². The number of aryl methyl sites for hydroxylation is 1. The lowest BCUT2D eigenvalue weighted by molar-refractivity contribution is 0.861. The van der Waals surface area contributed by atoms with Crippen molar-refractivity contribution in [3.63, 3.8) is 0 Å². The van der Waals surface area contributed by atoms with Crippen LogP contribution in [0, 0.1) is 0 Å². The van der Waals surface area contributed by atoms with E-state index in [-0.39, 0.29) is 5.43 Å². The van der Waals surface area contributed by atoms with Crippen LogP contribution in [0.25, 0.3) is 10.9 Å². The molecule has 0 saturated heterocycles. The second-order valence-electron chi connectivity index (χ2n) is 5.10. The maximum atomic E-state index is 12.2. The molecule has 21 heavy (non-hydrogen) atoms. The Bertz CT molecular complexity index is 834. The van der Waals surface area contributed by atoms with Gasteiger partial charge in [-0.05, 0) is 36.1 Å². The summed E-state index contributed by atoms with van der Waals surface area (Å²) in [5.41, 5.74) is 3.34. The number of para-hydroxylation sites is 1. The van der Waals surface area contributed by atoms with Crippen LogP contribution >= 0.6 is 11.8 Å². The number of aromatic nitrogens is 1. The molecule has 3 heteroatoms. The normalized spacial score (nSPS) is 11.0. The number of rotatable bonds is 3. The summed E-state index contributed by atoms with van der Waals surface area (Å²) in [5, 5.41) is 0.779. The summed E-state index contributed by atoms with van der Waals surface area (Å²) in [6.07, 6.45) is 2.84. The number of hydrogen-bond acceptors (Lipinski definition) is 2. The molecule has 0 spiro atoms. The van der Waals surface area contributed by atoms with Crippen LogP contribution < -0.4 is 5.43 Å². The maximum Gasteiger partial charge on any atom is 0.189 e. The molecular weight excluding hydrogens is 278 g/mol. The zero-order chi connectivity index (χ0) is 14.8. The van der Waals surface area contributed by atoms with E-state index < -0.39 is 0 Å². The molecule has 3 aromatic rings. The average Bonchev–Trinajstić information content (AvgIpc) is 2.53. The van der Waals surface area contributed by atoms with E-state index in [0.29, 0.717) is 0 Å². The van der Waals surface area contributed by atoms with E-state index in [1.54, 1.807) is 17.8 Å². The molecule has 0 amide bonds. The van der Waals surface area contributed by atoms with Gasteiger partial charge in [-0.2, -0.15) is 0 Å². The van der Waals surface area contributed by atoms with Crippen LogP contribution in [0.2, 0.25) is 0 Å². The molecule has 0 N–H and O–H groups in total. The first-order valence-electron chi connectivity index (χ1n) is 6.89. The van der Waals surface area contributed by atoms with Gasteiger partial charge in [-0.3, -0.25) is 4.79 Å². The summed E-state index contributed by atoms with van der Waals surface area (Å²) in [6, 6.07) is 18.0. The predicted molar refractivity (Wildman–Crippen MR) is 90.2 cm³/mol. The summed E-state index contributed by atoms with van der Waals surface area (Å²) < 4.78 is 2.11. The smallest absolute Gasteiger partial charge is 0.189 e. The second-order valence-corrected chi connectivity index (χ2v) is 5.98. The van der Waals surface area contributed by atoms with Gasteiger partial charge in [-0.15, -0.1) is 11.8 Å². The molecule has 0 radical (unpaired) electrons. The summed E-state index contributed by atoms with van der Waals surface area (Å²) in [7, 11) is 2.02. The van der Waals surface area contributed by atoms with Crippen molar-refractivity contribution in [1.82, 2.24) is 4.57 Å². The highest BCUT2D eigenvalue weighted by Gasteiger charge is 2.06. The molecular formula is C18H17NOS. The van der Waals surface area contributed by atoms with Crippen molar-refractivity contribution in [3.8, 4) is 0 Å². The van der Waals surface area contributed by atoms with E-state index in [1.165, 1.54) is 10.5 Å². The molecule has 1 heterocycles. The standard InChI is InChI=1S/C18H17NOS/c1-19-14(11-13-7-9-15(21-2)10-8-13)12-18(20)16-5-3-4-6-17(16)19/h3-10,12H,11H2,1-2H3. The SMILES string of the molecule is CSc1ccc(Cc2cc(=O)c3ccccc3n2C)cc1. The van der Waals surface area contributed by atoms with Crippen molar-refractivity contribution in [2.45, 2.75) is 11.3 Å². The van der Waals surface area contributed by atoms with Crippen molar-refractivity contribution in [2.24, 2.45) is 7.05 Å². The maximum absolute atomic E-state index is 12.2. The van der Waals surface area contributed by atoms with Gasteiger partial charge in [0.25, 0.3) is 0 Å². The number of pyridine rings is 1. The minimum absolute atomic E-state index is 0.0967. The van der Waals surface area contributed by atoms with Gasteiger partial charge < -0.3 is 4.57 Å². The predicted octanol–water partition coefficient (Wildman–Crippen LogP) is 3.85. The molecule has 3 rings (SSSR count). The van der Waals surface area contributed by atoms with Crippen molar-refractivity contribution in [3.05, 3.63) is 76.1 Å². The highest BCUT2D eigenvalue weighted by Crippen LogP contribution is 2.18. The molecule has 0 aliphatic rings. The third kappa shape index (κ3) is 2.74. The molecule has 0 saturated carbocycles. The van der Waals surface area contributed by atoms with Crippen LogP contribution in [0.5, 0.6) is 0 Å². The summed E-state index contributed by atoms with van der Waals surface area (Å²) in [4.78, 5) is 13.5.